The maximum Gasteiger partial charge on any atom is 0.226 e. The molecular formula is C12H20N4OS. The van der Waals surface area contributed by atoms with E-state index in [1.165, 1.54) is 0 Å². The van der Waals surface area contributed by atoms with Crippen LogP contribution >= 0.6 is 12.2 Å². The van der Waals surface area contributed by atoms with E-state index in [9.17, 15) is 0 Å². The van der Waals surface area contributed by atoms with Gasteiger partial charge in [0.2, 0.25) is 5.95 Å². The molecule has 3 N–H and O–H groups in total. The molecule has 6 heteroatoms. The Morgan fingerprint density at radius 1 is 1.50 bits per heavy atom. The average Bonchev–Trinajstić information content (AvgIpc) is 2.39. The number of aromatic nitrogens is 2. The summed E-state index contributed by atoms with van der Waals surface area (Å²) in [5.41, 5.74) is 6.13. The van der Waals surface area contributed by atoms with E-state index in [1.54, 1.807) is 12.3 Å². The number of aliphatic hydroxyl groups excluding tert-OH is 1. The molecule has 0 radical (unpaired) electrons. The van der Waals surface area contributed by atoms with Gasteiger partial charge in [0.25, 0.3) is 0 Å². The molecule has 0 saturated heterocycles. The summed E-state index contributed by atoms with van der Waals surface area (Å²) in [6.45, 7) is 4.79. The summed E-state index contributed by atoms with van der Waals surface area (Å²) in [5, 5.41) is 9.17. The van der Waals surface area contributed by atoms with E-state index in [0.29, 0.717) is 24.2 Å². The number of hydrogen-bond acceptors (Lipinski definition) is 5. The summed E-state index contributed by atoms with van der Waals surface area (Å²) >= 11 is 4.91. The lowest BCUT2D eigenvalue weighted by Crippen LogP contribution is -2.38. The molecular weight excluding hydrogens is 248 g/mol. The fourth-order valence-corrected chi connectivity index (χ4v) is 2.02. The zero-order valence-electron chi connectivity index (χ0n) is 10.8. The van der Waals surface area contributed by atoms with E-state index in [2.05, 4.69) is 23.8 Å². The van der Waals surface area contributed by atoms with Gasteiger partial charge in [-0.05, 0) is 18.9 Å². The third-order valence-corrected chi connectivity index (χ3v) is 3.09. The molecule has 0 spiro atoms. The maximum absolute atomic E-state index is 9.17. The zero-order chi connectivity index (χ0) is 13.5. The molecule has 1 rings (SSSR count). The van der Waals surface area contributed by atoms with Gasteiger partial charge < -0.3 is 15.7 Å². The predicted molar refractivity (Wildman–Crippen MR) is 76.7 cm³/mol. The van der Waals surface area contributed by atoms with Crippen LogP contribution in [-0.2, 0) is 0 Å². The largest absolute Gasteiger partial charge is 0.395 e. The molecule has 0 aromatic carbocycles. The summed E-state index contributed by atoms with van der Waals surface area (Å²) in [5.74, 6) is 0.572. The molecule has 0 aliphatic carbocycles. The van der Waals surface area contributed by atoms with Crippen molar-refractivity contribution in [2.45, 2.75) is 32.7 Å². The van der Waals surface area contributed by atoms with Crippen LogP contribution in [0, 0.1) is 0 Å². The van der Waals surface area contributed by atoms with Crippen molar-refractivity contribution < 1.29 is 5.11 Å². The first-order chi connectivity index (χ1) is 8.63. The molecule has 1 aromatic rings. The molecule has 1 aromatic heterocycles. The zero-order valence-corrected chi connectivity index (χ0v) is 11.7. The second-order valence-electron chi connectivity index (χ2n) is 3.99. The Kier molecular flexibility index (Phi) is 5.94. The fourth-order valence-electron chi connectivity index (χ4n) is 1.91. The van der Waals surface area contributed by atoms with E-state index in [4.69, 9.17) is 23.1 Å². The highest BCUT2D eigenvalue weighted by molar-refractivity contribution is 7.80. The van der Waals surface area contributed by atoms with Crippen LogP contribution in [0.15, 0.2) is 12.3 Å². The van der Waals surface area contributed by atoms with Crippen LogP contribution < -0.4 is 10.6 Å². The van der Waals surface area contributed by atoms with Crippen molar-refractivity contribution in [3.05, 3.63) is 18.0 Å². The Hall–Kier alpha value is -1.27. The third-order valence-electron chi connectivity index (χ3n) is 2.88. The predicted octanol–water partition coefficient (Wildman–Crippen LogP) is 1.10. The Morgan fingerprint density at radius 2 is 2.17 bits per heavy atom. The Morgan fingerprint density at radius 3 is 2.67 bits per heavy atom. The van der Waals surface area contributed by atoms with Gasteiger partial charge in [-0.1, -0.05) is 26.1 Å². The van der Waals surface area contributed by atoms with Crippen LogP contribution in [0.4, 0.5) is 5.95 Å². The van der Waals surface area contributed by atoms with Crippen molar-refractivity contribution in [3.8, 4) is 0 Å². The minimum Gasteiger partial charge on any atom is -0.395 e. The van der Waals surface area contributed by atoms with Gasteiger partial charge in [0.1, 0.15) is 10.7 Å². The molecule has 18 heavy (non-hydrogen) atoms. The van der Waals surface area contributed by atoms with E-state index >= 15 is 0 Å². The van der Waals surface area contributed by atoms with E-state index in [1.807, 2.05) is 4.90 Å². The van der Waals surface area contributed by atoms with Crippen molar-refractivity contribution in [3.63, 3.8) is 0 Å². The minimum atomic E-state index is 0.0666. The van der Waals surface area contributed by atoms with E-state index in [0.717, 1.165) is 12.8 Å². The molecule has 1 heterocycles. The van der Waals surface area contributed by atoms with Gasteiger partial charge in [0, 0.05) is 18.8 Å². The van der Waals surface area contributed by atoms with Gasteiger partial charge in [-0.2, -0.15) is 0 Å². The molecule has 0 aliphatic rings. The average molecular weight is 268 g/mol. The number of hydrogen-bond donors (Lipinski definition) is 2. The lowest BCUT2D eigenvalue weighted by Gasteiger charge is -2.30. The molecule has 5 nitrogen and oxygen atoms in total. The third kappa shape index (κ3) is 3.61. The molecule has 0 amide bonds. The highest BCUT2D eigenvalue weighted by Gasteiger charge is 2.18. The summed E-state index contributed by atoms with van der Waals surface area (Å²) in [6.07, 6.45) is 3.58. The van der Waals surface area contributed by atoms with Gasteiger partial charge in [0.05, 0.1) is 6.61 Å². The molecule has 0 fully saturated rings. The van der Waals surface area contributed by atoms with Crippen LogP contribution in [0.5, 0.6) is 0 Å². The molecule has 0 unspecified atom stereocenters. The van der Waals surface area contributed by atoms with Crippen molar-refractivity contribution in [1.82, 2.24) is 9.97 Å². The first-order valence-electron chi connectivity index (χ1n) is 6.14. The van der Waals surface area contributed by atoms with Gasteiger partial charge in [-0.3, -0.25) is 0 Å². The monoisotopic (exact) mass is 268 g/mol. The molecule has 0 aliphatic heterocycles. The summed E-state index contributed by atoms with van der Waals surface area (Å²) in [6, 6.07) is 1.99. The smallest absolute Gasteiger partial charge is 0.226 e. The Labute approximate surface area is 113 Å². The molecule has 0 atom stereocenters. The Bertz CT molecular complexity index is 395. The molecule has 0 saturated carbocycles. The number of rotatable bonds is 7. The van der Waals surface area contributed by atoms with Crippen LogP contribution in [0.1, 0.15) is 32.4 Å². The van der Waals surface area contributed by atoms with Crippen molar-refractivity contribution >= 4 is 23.2 Å². The maximum atomic E-state index is 9.17. The number of aliphatic hydroxyl groups is 1. The van der Waals surface area contributed by atoms with E-state index in [-0.39, 0.29) is 11.6 Å². The fraction of sp³-hybridized carbons (Fsp3) is 0.583. The normalized spacial score (nSPS) is 10.7. The van der Waals surface area contributed by atoms with Gasteiger partial charge in [0.15, 0.2) is 0 Å². The highest BCUT2D eigenvalue weighted by atomic mass is 32.1. The van der Waals surface area contributed by atoms with Crippen molar-refractivity contribution in [1.29, 1.82) is 0 Å². The standard InChI is InChI=1S/C12H20N4OS/c1-3-9(4-2)16(7-8-17)12-14-6-5-10(15-12)11(13)18/h5-6,9,17H,3-4,7-8H2,1-2H3,(H2,13,18). The number of thiocarbonyl (C=S) groups is 1. The number of anilines is 1. The number of nitrogens with two attached hydrogens (primary N) is 1. The molecule has 0 bridgehead atoms. The van der Waals surface area contributed by atoms with Crippen LogP contribution in [0.3, 0.4) is 0 Å². The second kappa shape index (κ2) is 7.23. The Balaban J connectivity index is 3.04. The van der Waals surface area contributed by atoms with Gasteiger partial charge >= 0.3 is 0 Å². The van der Waals surface area contributed by atoms with Crippen LogP contribution in [0.25, 0.3) is 0 Å². The lowest BCUT2D eigenvalue weighted by atomic mass is 10.1. The summed E-state index contributed by atoms with van der Waals surface area (Å²) in [4.78, 5) is 10.8. The van der Waals surface area contributed by atoms with Crippen LogP contribution in [-0.4, -0.2) is 39.3 Å². The van der Waals surface area contributed by atoms with Crippen molar-refractivity contribution in [2.75, 3.05) is 18.1 Å². The van der Waals surface area contributed by atoms with Gasteiger partial charge in [-0.15, -0.1) is 0 Å². The summed E-state index contributed by atoms with van der Waals surface area (Å²) < 4.78 is 0. The molecule has 100 valence electrons. The van der Waals surface area contributed by atoms with E-state index < -0.39 is 0 Å². The lowest BCUT2D eigenvalue weighted by molar-refractivity contribution is 0.295. The topological polar surface area (TPSA) is 75.3 Å². The first kappa shape index (κ1) is 14.8. The van der Waals surface area contributed by atoms with Gasteiger partial charge in [-0.25, -0.2) is 9.97 Å². The summed E-state index contributed by atoms with van der Waals surface area (Å²) in [7, 11) is 0. The quantitative estimate of drug-likeness (QED) is 0.721. The SMILES string of the molecule is CCC(CC)N(CCO)c1nccc(C(N)=S)n1. The van der Waals surface area contributed by atoms with Crippen molar-refractivity contribution in [2.24, 2.45) is 5.73 Å². The second-order valence-corrected chi connectivity index (χ2v) is 4.43. The highest BCUT2D eigenvalue weighted by Crippen LogP contribution is 2.15. The number of nitrogens with zero attached hydrogens (tertiary/aromatic N) is 3. The van der Waals surface area contributed by atoms with Crippen LogP contribution in [0.2, 0.25) is 0 Å². The first-order valence-corrected chi connectivity index (χ1v) is 6.55. The minimum absolute atomic E-state index is 0.0666.